The van der Waals surface area contributed by atoms with Gasteiger partial charge in [0.1, 0.15) is 24.4 Å². The van der Waals surface area contributed by atoms with Crippen LogP contribution < -0.4 is 15.4 Å². The molecule has 0 radical (unpaired) electrons. The number of nitrogens with zero attached hydrogens (tertiary/aromatic N) is 4. The number of guanidine groups is 1. The van der Waals surface area contributed by atoms with E-state index in [4.69, 9.17) is 4.74 Å². The molecule has 1 aliphatic rings. The van der Waals surface area contributed by atoms with E-state index < -0.39 is 0 Å². The molecule has 24 heavy (non-hydrogen) atoms. The minimum absolute atomic E-state index is 0. The number of para-hydroxylation sites is 1. The Bertz CT molecular complexity index is 687. The summed E-state index contributed by atoms with van der Waals surface area (Å²) in [6, 6.07) is 8.32. The summed E-state index contributed by atoms with van der Waals surface area (Å²) in [6.45, 7) is 4.04. The summed E-state index contributed by atoms with van der Waals surface area (Å²) >= 11 is 0. The Balaban J connectivity index is 0.00000208. The molecule has 8 heteroatoms. The van der Waals surface area contributed by atoms with Gasteiger partial charge in [0, 0.05) is 25.6 Å². The molecule has 0 aliphatic carbocycles. The first-order valence-corrected chi connectivity index (χ1v) is 7.87. The van der Waals surface area contributed by atoms with Gasteiger partial charge in [-0.15, -0.1) is 24.0 Å². The Kier molecular flexibility index (Phi) is 6.83. The summed E-state index contributed by atoms with van der Waals surface area (Å²) in [5.74, 6) is 2.55. The van der Waals surface area contributed by atoms with Gasteiger partial charge in [-0.25, -0.2) is 9.98 Å². The van der Waals surface area contributed by atoms with Gasteiger partial charge in [-0.3, -0.25) is 4.68 Å². The highest BCUT2D eigenvalue weighted by atomic mass is 127. The van der Waals surface area contributed by atoms with E-state index in [2.05, 4.69) is 38.7 Å². The van der Waals surface area contributed by atoms with E-state index in [1.165, 1.54) is 5.56 Å². The molecule has 0 amide bonds. The molecule has 0 saturated carbocycles. The molecule has 1 atom stereocenters. The van der Waals surface area contributed by atoms with Gasteiger partial charge >= 0.3 is 0 Å². The highest BCUT2D eigenvalue weighted by molar-refractivity contribution is 14.0. The Morgan fingerprint density at radius 3 is 3.00 bits per heavy atom. The number of halogens is 1. The normalized spacial score (nSPS) is 16.6. The first-order valence-electron chi connectivity index (χ1n) is 7.87. The first-order chi connectivity index (χ1) is 11.3. The molecule has 2 aromatic rings. The molecule has 2 heterocycles. The zero-order chi connectivity index (χ0) is 16.1. The Morgan fingerprint density at radius 2 is 2.25 bits per heavy atom. The van der Waals surface area contributed by atoms with Crippen molar-refractivity contribution in [3.8, 4) is 5.75 Å². The number of aromatic nitrogens is 3. The van der Waals surface area contributed by atoms with Crippen LogP contribution in [0.3, 0.4) is 0 Å². The van der Waals surface area contributed by atoms with Crippen LogP contribution >= 0.6 is 24.0 Å². The molecule has 130 valence electrons. The van der Waals surface area contributed by atoms with Crippen molar-refractivity contribution in [2.24, 2.45) is 12.0 Å². The third-order valence-electron chi connectivity index (χ3n) is 3.80. The van der Waals surface area contributed by atoms with Crippen molar-refractivity contribution in [1.29, 1.82) is 0 Å². The van der Waals surface area contributed by atoms with Crippen molar-refractivity contribution in [3.63, 3.8) is 0 Å². The molecular weight excluding hydrogens is 419 g/mol. The van der Waals surface area contributed by atoms with E-state index in [1.807, 2.05) is 25.2 Å². The maximum Gasteiger partial charge on any atom is 0.192 e. The number of nitrogens with one attached hydrogen (secondary N) is 2. The lowest BCUT2D eigenvalue weighted by Gasteiger charge is -2.28. The molecule has 2 N–H and O–H groups in total. The average molecular weight is 442 g/mol. The van der Waals surface area contributed by atoms with Crippen molar-refractivity contribution in [2.45, 2.75) is 25.9 Å². The number of aliphatic imine (C=N–C) groups is 1. The van der Waals surface area contributed by atoms with Gasteiger partial charge in [-0.05, 0) is 13.0 Å². The van der Waals surface area contributed by atoms with Gasteiger partial charge in [0.15, 0.2) is 5.96 Å². The third kappa shape index (κ3) is 4.37. The molecular formula is C16H23IN6O. The van der Waals surface area contributed by atoms with Crippen LogP contribution in [0.1, 0.15) is 30.8 Å². The summed E-state index contributed by atoms with van der Waals surface area (Å²) in [5, 5.41) is 10.8. The van der Waals surface area contributed by atoms with E-state index in [9.17, 15) is 0 Å². The summed E-state index contributed by atoms with van der Waals surface area (Å²) in [4.78, 5) is 8.81. The number of hydrogen-bond acceptors (Lipinski definition) is 4. The number of ether oxygens (including phenoxy) is 1. The van der Waals surface area contributed by atoms with E-state index in [0.717, 1.165) is 30.5 Å². The Morgan fingerprint density at radius 1 is 1.42 bits per heavy atom. The summed E-state index contributed by atoms with van der Waals surface area (Å²) in [5.41, 5.74) is 1.17. The lowest BCUT2D eigenvalue weighted by atomic mass is 10.0. The molecule has 1 aromatic heterocycles. The maximum absolute atomic E-state index is 5.71. The number of aryl methyl sites for hydroxylation is 1. The minimum Gasteiger partial charge on any atom is -0.493 e. The lowest BCUT2D eigenvalue weighted by molar-refractivity contribution is 0.261. The monoisotopic (exact) mass is 442 g/mol. The van der Waals surface area contributed by atoms with Crippen molar-refractivity contribution in [2.75, 3.05) is 13.2 Å². The van der Waals surface area contributed by atoms with E-state index in [1.54, 1.807) is 11.0 Å². The highest BCUT2D eigenvalue weighted by Crippen LogP contribution is 2.31. The zero-order valence-electron chi connectivity index (χ0n) is 13.9. The predicted octanol–water partition coefficient (Wildman–Crippen LogP) is 2.01. The molecule has 0 bridgehead atoms. The van der Waals surface area contributed by atoms with Crippen molar-refractivity contribution in [1.82, 2.24) is 25.4 Å². The van der Waals surface area contributed by atoms with Gasteiger partial charge < -0.3 is 15.4 Å². The zero-order valence-corrected chi connectivity index (χ0v) is 16.2. The van der Waals surface area contributed by atoms with Crippen LogP contribution in [0.2, 0.25) is 0 Å². The standard InChI is InChI=1S/C16H22N6O.HI/c1-3-17-16(18-10-15-19-11-20-22(15)2)21-13-8-9-23-14-7-5-4-6-12(13)14;/h4-7,11,13H,3,8-10H2,1-2H3,(H2,17,18,21);1H. The molecule has 3 rings (SSSR count). The van der Waals surface area contributed by atoms with Crippen molar-refractivity contribution < 1.29 is 4.74 Å². The summed E-state index contributed by atoms with van der Waals surface area (Å²) in [7, 11) is 1.87. The molecule has 0 spiro atoms. The number of fused-ring (bicyclic) bond motifs is 1. The second kappa shape index (κ2) is 8.86. The fourth-order valence-electron chi connectivity index (χ4n) is 2.59. The summed E-state index contributed by atoms with van der Waals surface area (Å²) < 4.78 is 7.44. The number of hydrogen-bond donors (Lipinski definition) is 2. The van der Waals surface area contributed by atoms with Gasteiger partial charge in [0.2, 0.25) is 0 Å². The number of benzene rings is 1. The first kappa shape index (κ1) is 18.5. The largest absolute Gasteiger partial charge is 0.493 e. The van der Waals surface area contributed by atoms with Crippen LogP contribution in [-0.2, 0) is 13.6 Å². The van der Waals surface area contributed by atoms with Crippen LogP contribution in [0.5, 0.6) is 5.75 Å². The lowest BCUT2D eigenvalue weighted by Crippen LogP contribution is -2.41. The predicted molar refractivity (Wildman–Crippen MR) is 104 cm³/mol. The van der Waals surface area contributed by atoms with Crippen molar-refractivity contribution >= 4 is 29.9 Å². The fraction of sp³-hybridized carbons (Fsp3) is 0.438. The third-order valence-corrected chi connectivity index (χ3v) is 3.80. The van der Waals surface area contributed by atoms with E-state index in [-0.39, 0.29) is 30.0 Å². The average Bonchev–Trinajstić information content (AvgIpc) is 2.98. The second-order valence-corrected chi connectivity index (χ2v) is 5.37. The van der Waals surface area contributed by atoms with Crippen LogP contribution in [0.4, 0.5) is 0 Å². The molecule has 0 fully saturated rings. The second-order valence-electron chi connectivity index (χ2n) is 5.37. The Hall–Kier alpha value is -1.84. The van der Waals surface area contributed by atoms with E-state index >= 15 is 0 Å². The van der Waals surface area contributed by atoms with Gasteiger partial charge in [0.25, 0.3) is 0 Å². The maximum atomic E-state index is 5.71. The SMILES string of the molecule is CCNC(=NCc1ncnn1C)NC1CCOc2ccccc21.I. The minimum atomic E-state index is 0. The summed E-state index contributed by atoms with van der Waals surface area (Å²) in [6.07, 6.45) is 2.45. The molecule has 1 aliphatic heterocycles. The Labute approximate surface area is 158 Å². The van der Waals surface area contributed by atoms with Gasteiger partial charge in [0.05, 0.1) is 12.6 Å². The van der Waals surface area contributed by atoms with Gasteiger partial charge in [-0.2, -0.15) is 5.10 Å². The molecule has 7 nitrogen and oxygen atoms in total. The number of rotatable bonds is 4. The molecule has 0 saturated heterocycles. The van der Waals surface area contributed by atoms with Crippen LogP contribution in [0.15, 0.2) is 35.6 Å². The van der Waals surface area contributed by atoms with Crippen molar-refractivity contribution in [3.05, 3.63) is 42.0 Å². The molecule has 1 unspecified atom stereocenters. The fourth-order valence-corrected chi connectivity index (χ4v) is 2.59. The highest BCUT2D eigenvalue weighted by Gasteiger charge is 2.21. The van der Waals surface area contributed by atoms with Crippen LogP contribution in [0, 0.1) is 0 Å². The molecule has 1 aromatic carbocycles. The van der Waals surface area contributed by atoms with Crippen LogP contribution in [-0.4, -0.2) is 33.9 Å². The topological polar surface area (TPSA) is 76.4 Å². The van der Waals surface area contributed by atoms with Crippen LogP contribution in [0.25, 0.3) is 0 Å². The van der Waals surface area contributed by atoms with E-state index in [0.29, 0.717) is 13.2 Å². The quantitative estimate of drug-likeness (QED) is 0.431. The van der Waals surface area contributed by atoms with Gasteiger partial charge in [-0.1, -0.05) is 18.2 Å². The smallest absolute Gasteiger partial charge is 0.192 e.